The van der Waals surface area contributed by atoms with Gasteiger partial charge in [-0.25, -0.2) is 14.4 Å². The van der Waals surface area contributed by atoms with Crippen molar-refractivity contribution in [1.29, 1.82) is 5.26 Å². The fraction of sp³-hybridized carbons (Fsp3) is 0.391. The lowest BCUT2D eigenvalue weighted by molar-refractivity contribution is 0.323. The van der Waals surface area contributed by atoms with Crippen molar-refractivity contribution in [3.8, 4) is 11.8 Å². The molecule has 8 heteroatoms. The van der Waals surface area contributed by atoms with E-state index in [1.54, 1.807) is 19.2 Å². The predicted molar refractivity (Wildman–Crippen MR) is 116 cm³/mol. The number of nitrogens with one attached hydrogen (secondary N) is 1. The third-order valence-corrected chi connectivity index (χ3v) is 6.05. The van der Waals surface area contributed by atoms with Crippen LogP contribution in [0.5, 0.6) is 5.75 Å². The van der Waals surface area contributed by atoms with E-state index < -0.39 is 12.2 Å². The molecule has 0 unspecified atom stereocenters. The Morgan fingerprint density at radius 2 is 2.10 bits per heavy atom. The maximum atomic E-state index is 13.8. The van der Waals surface area contributed by atoms with Gasteiger partial charge in [0.1, 0.15) is 23.8 Å². The molecule has 1 aliphatic rings. The van der Waals surface area contributed by atoms with Crippen LogP contribution in [0, 0.1) is 25.2 Å². The number of hydrogen-bond acceptors (Lipinski definition) is 6. The Hall–Kier alpha value is -3.47. The van der Waals surface area contributed by atoms with E-state index in [0.29, 0.717) is 41.0 Å². The van der Waals surface area contributed by atoms with E-state index in [1.807, 2.05) is 26.0 Å². The molecule has 0 radical (unpaired) electrons. The van der Waals surface area contributed by atoms with Crippen molar-refractivity contribution in [2.24, 2.45) is 0 Å². The molecule has 7 nitrogen and oxygen atoms in total. The Kier molecular flexibility index (Phi) is 5.13. The normalized spacial score (nSPS) is 15.4. The molecular formula is C23H24FN5O2. The Morgan fingerprint density at radius 1 is 1.35 bits per heavy atom. The summed E-state index contributed by atoms with van der Waals surface area (Å²) in [5.41, 5.74) is 1.66. The summed E-state index contributed by atoms with van der Waals surface area (Å²) in [6.07, 6.45) is 2.84. The third kappa shape index (κ3) is 3.40. The Morgan fingerprint density at radius 3 is 2.71 bits per heavy atom. The van der Waals surface area contributed by atoms with E-state index in [9.17, 15) is 14.4 Å². The second-order valence-corrected chi connectivity index (χ2v) is 8.07. The molecule has 1 atom stereocenters. The monoisotopic (exact) mass is 421 g/mol. The molecule has 31 heavy (non-hydrogen) atoms. The molecule has 0 amide bonds. The molecule has 1 saturated carbocycles. The van der Waals surface area contributed by atoms with Crippen molar-refractivity contribution in [2.45, 2.75) is 45.2 Å². The summed E-state index contributed by atoms with van der Waals surface area (Å²) < 4.78 is 20.6. The molecule has 160 valence electrons. The lowest BCUT2D eigenvalue weighted by Crippen LogP contribution is -2.32. The number of benzene rings is 1. The maximum Gasteiger partial charge on any atom is 0.295 e. The van der Waals surface area contributed by atoms with E-state index in [2.05, 4.69) is 21.4 Å². The minimum absolute atomic E-state index is 0.0843. The number of rotatable bonds is 6. The zero-order chi connectivity index (χ0) is 22.3. The van der Waals surface area contributed by atoms with Gasteiger partial charge in [0.15, 0.2) is 0 Å². The van der Waals surface area contributed by atoms with Crippen LogP contribution in [0.2, 0.25) is 0 Å². The van der Waals surface area contributed by atoms with Gasteiger partial charge in [0, 0.05) is 6.20 Å². The summed E-state index contributed by atoms with van der Waals surface area (Å²) in [7, 11) is 1.42. The number of methoxy groups -OCH3 is 1. The summed E-state index contributed by atoms with van der Waals surface area (Å²) in [4.78, 5) is 22.0. The Bertz CT molecular complexity index is 1270. The Labute approximate surface area is 179 Å². The SMILES string of the molecule is COc1c(=O)n(C2(CF)CC2)cc2c(N[C@H](C)c3cccc(C#N)c3C)nc(C)nc12. The first-order chi connectivity index (χ1) is 14.8. The van der Waals surface area contributed by atoms with E-state index in [-0.39, 0.29) is 17.4 Å². The standard InChI is InChI=1S/C23H24FN5O2/c1-13-16(10-25)6-5-7-17(13)14(2)26-21-18-11-29(23(12-24)8-9-23)22(30)20(31-4)19(18)27-15(3)28-21/h5-7,11,14H,8-9,12H2,1-4H3,(H,26,27,28)/t14-/m1/s1. The number of ether oxygens (including phenoxy) is 1. The highest BCUT2D eigenvalue weighted by molar-refractivity contribution is 5.92. The average molecular weight is 421 g/mol. The molecule has 4 rings (SSSR count). The number of fused-ring (bicyclic) bond motifs is 1. The highest BCUT2D eigenvalue weighted by Gasteiger charge is 2.46. The molecular weight excluding hydrogens is 397 g/mol. The fourth-order valence-corrected chi connectivity index (χ4v) is 4.03. The van der Waals surface area contributed by atoms with E-state index >= 15 is 0 Å². The summed E-state index contributed by atoms with van der Waals surface area (Å²) in [6.45, 7) is 5.01. The number of pyridine rings is 1. The average Bonchev–Trinajstić information content (AvgIpc) is 3.54. The van der Waals surface area contributed by atoms with Crippen LogP contribution in [0.4, 0.5) is 10.2 Å². The molecule has 0 saturated heterocycles. The fourth-order valence-electron chi connectivity index (χ4n) is 4.03. The van der Waals surface area contributed by atoms with Gasteiger partial charge >= 0.3 is 0 Å². The summed E-state index contributed by atoms with van der Waals surface area (Å²) in [6, 6.07) is 7.63. The van der Waals surface area contributed by atoms with Gasteiger partial charge in [-0.15, -0.1) is 0 Å². The molecule has 0 aliphatic heterocycles. The largest absolute Gasteiger partial charge is 0.490 e. The lowest BCUT2D eigenvalue weighted by Gasteiger charge is -2.21. The number of aromatic nitrogens is 3. The van der Waals surface area contributed by atoms with Gasteiger partial charge in [0.2, 0.25) is 5.75 Å². The molecule has 0 spiro atoms. The van der Waals surface area contributed by atoms with Crippen LogP contribution >= 0.6 is 0 Å². The van der Waals surface area contributed by atoms with Gasteiger partial charge in [-0.2, -0.15) is 5.26 Å². The van der Waals surface area contributed by atoms with Crippen molar-refractivity contribution in [3.05, 3.63) is 57.3 Å². The number of hydrogen-bond donors (Lipinski definition) is 1. The molecule has 0 bridgehead atoms. The zero-order valence-electron chi connectivity index (χ0n) is 18.0. The number of halogens is 1. The van der Waals surface area contributed by atoms with Crippen molar-refractivity contribution in [2.75, 3.05) is 19.1 Å². The third-order valence-electron chi connectivity index (χ3n) is 6.05. The molecule has 2 heterocycles. The second-order valence-electron chi connectivity index (χ2n) is 8.07. The van der Waals surface area contributed by atoms with Gasteiger partial charge in [-0.3, -0.25) is 4.79 Å². The number of alkyl halides is 1. The van der Waals surface area contributed by atoms with Gasteiger partial charge < -0.3 is 14.6 Å². The smallest absolute Gasteiger partial charge is 0.295 e. The quantitative estimate of drug-likeness (QED) is 0.648. The van der Waals surface area contributed by atoms with Crippen LogP contribution in [0.25, 0.3) is 10.9 Å². The maximum absolute atomic E-state index is 13.8. The molecule has 1 fully saturated rings. The van der Waals surface area contributed by atoms with Crippen LogP contribution < -0.4 is 15.6 Å². The minimum Gasteiger partial charge on any atom is -0.490 e. The van der Waals surface area contributed by atoms with Crippen LogP contribution in [0.3, 0.4) is 0 Å². The highest BCUT2D eigenvalue weighted by Crippen LogP contribution is 2.44. The van der Waals surface area contributed by atoms with Crippen LogP contribution in [0.15, 0.2) is 29.2 Å². The van der Waals surface area contributed by atoms with Crippen molar-refractivity contribution < 1.29 is 9.13 Å². The number of nitriles is 1. The van der Waals surface area contributed by atoms with E-state index in [0.717, 1.165) is 11.1 Å². The van der Waals surface area contributed by atoms with Crippen LogP contribution in [-0.2, 0) is 5.54 Å². The summed E-state index contributed by atoms with van der Waals surface area (Å²) in [5, 5.41) is 13.3. The van der Waals surface area contributed by atoms with Gasteiger partial charge in [0.25, 0.3) is 5.56 Å². The van der Waals surface area contributed by atoms with E-state index in [4.69, 9.17) is 4.74 Å². The van der Waals surface area contributed by atoms with Crippen LogP contribution in [0.1, 0.15) is 48.3 Å². The van der Waals surface area contributed by atoms with E-state index in [1.165, 1.54) is 11.7 Å². The first-order valence-corrected chi connectivity index (χ1v) is 10.2. The first kappa shape index (κ1) is 20.8. The van der Waals surface area contributed by atoms with Gasteiger partial charge in [-0.05, 0) is 50.8 Å². The number of anilines is 1. The van der Waals surface area contributed by atoms with Crippen LogP contribution in [-0.4, -0.2) is 28.3 Å². The molecule has 3 aromatic rings. The molecule has 1 N–H and O–H groups in total. The van der Waals surface area contributed by atoms with Crippen molar-refractivity contribution >= 4 is 16.7 Å². The predicted octanol–water partition coefficient (Wildman–Crippen LogP) is 3.92. The second kappa shape index (κ2) is 7.65. The minimum atomic E-state index is -0.815. The lowest BCUT2D eigenvalue weighted by atomic mass is 9.98. The molecule has 1 aromatic carbocycles. The Balaban J connectivity index is 1.88. The number of aryl methyl sites for hydroxylation is 1. The highest BCUT2D eigenvalue weighted by atomic mass is 19.1. The molecule has 1 aliphatic carbocycles. The van der Waals surface area contributed by atoms with Crippen molar-refractivity contribution in [1.82, 2.24) is 14.5 Å². The van der Waals surface area contributed by atoms with Crippen molar-refractivity contribution in [3.63, 3.8) is 0 Å². The number of nitrogens with zero attached hydrogens (tertiary/aromatic N) is 4. The first-order valence-electron chi connectivity index (χ1n) is 10.2. The summed E-state index contributed by atoms with van der Waals surface area (Å²) >= 11 is 0. The summed E-state index contributed by atoms with van der Waals surface area (Å²) in [5.74, 6) is 1.09. The topological polar surface area (TPSA) is 92.8 Å². The zero-order valence-corrected chi connectivity index (χ0v) is 18.0. The molecule has 2 aromatic heterocycles. The van der Waals surface area contributed by atoms with Gasteiger partial charge in [0.05, 0.1) is 35.7 Å². The van der Waals surface area contributed by atoms with Gasteiger partial charge in [-0.1, -0.05) is 12.1 Å².